The Labute approximate surface area is 149 Å². The molecule has 3 amide bonds. The maximum Gasteiger partial charge on any atom is 0.257 e. The first-order chi connectivity index (χ1) is 12.1. The molecule has 25 heavy (non-hydrogen) atoms. The monoisotopic (exact) mass is 342 g/mol. The highest BCUT2D eigenvalue weighted by molar-refractivity contribution is 6.23. The summed E-state index contributed by atoms with van der Waals surface area (Å²) in [5.74, 6) is -0.465. The van der Waals surface area contributed by atoms with Crippen molar-refractivity contribution in [3.63, 3.8) is 0 Å². The molecular weight excluding hydrogens is 316 g/mol. The Balaban J connectivity index is 1.87. The van der Waals surface area contributed by atoms with Crippen LogP contribution in [0, 0.1) is 0 Å². The summed E-state index contributed by atoms with van der Waals surface area (Å²) in [6, 6.07) is 8.44. The summed E-state index contributed by atoms with van der Waals surface area (Å²) in [5.41, 5.74) is 0.589. The fourth-order valence-electron chi connectivity index (χ4n) is 4.02. The van der Waals surface area contributed by atoms with Gasteiger partial charge in [0.2, 0.25) is 11.8 Å². The molecule has 0 aromatic heterocycles. The zero-order chi connectivity index (χ0) is 17.8. The van der Waals surface area contributed by atoms with E-state index in [4.69, 9.17) is 0 Å². The topological polar surface area (TPSA) is 57.7 Å². The van der Waals surface area contributed by atoms with Crippen molar-refractivity contribution in [3.8, 4) is 0 Å². The van der Waals surface area contributed by atoms with Crippen LogP contribution in [-0.2, 0) is 14.4 Å². The van der Waals surface area contributed by atoms with Gasteiger partial charge in [0.15, 0.2) is 0 Å². The van der Waals surface area contributed by atoms with Crippen molar-refractivity contribution >= 4 is 23.4 Å². The molecule has 1 aromatic carbocycles. The number of rotatable bonds is 5. The Morgan fingerprint density at radius 1 is 1.12 bits per heavy atom. The minimum atomic E-state index is -0.644. The molecule has 1 aliphatic heterocycles. The lowest BCUT2D eigenvalue weighted by atomic mass is 9.92. The Morgan fingerprint density at radius 3 is 2.44 bits per heavy atom. The van der Waals surface area contributed by atoms with E-state index in [1.54, 1.807) is 17.0 Å². The molecule has 5 heteroatoms. The zero-order valence-electron chi connectivity index (χ0n) is 14.8. The van der Waals surface area contributed by atoms with E-state index in [2.05, 4.69) is 0 Å². The SMILES string of the molecule is CCCC(=O)N(C1CCCCC1)C1CC(=O)N(c2ccccc2)C1=O. The van der Waals surface area contributed by atoms with Gasteiger partial charge >= 0.3 is 0 Å². The first-order valence-corrected chi connectivity index (χ1v) is 9.36. The van der Waals surface area contributed by atoms with Crippen LogP contribution in [0.2, 0.25) is 0 Å². The summed E-state index contributed by atoms with van der Waals surface area (Å²) in [7, 11) is 0. The third-order valence-corrected chi connectivity index (χ3v) is 5.19. The van der Waals surface area contributed by atoms with E-state index in [9.17, 15) is 14.4 Å². The molecule has 1 aliphatic carbocycles. The van der Waals surface area contributed by atoms with Gasteiger partial charge in [0, 0.05) is 12.5 Å². The normalized spacial score (nSPS) is 21.6. The molecule has 2 aliphatic rings. The van der Waals surface area contributed by atoms with Crippen molar-refractivity contribution in [1.82, 2.24) is 4.90 Å². The third kappa shape index (κ3) is 3.60. The second kappa shape index (κ2) is 7.81. The van der Waals surface area contributed by atoms with Gasteiger partial charge in [-0.1, -0.05) is 44.4 Å². The second-order valence-electron chi connectivity index (χ2n) is 6.97. The predicted octanol–water partition coefficient (Wildman–Crippen LogP) is 3.28. The Kier molecular flexibility index (Phi) is 5.51. The Bertz CT molecular complexity index is 638. The quantitative estimate of drug-likeness (QED) is 0.772. The summed E-state index contributed by atoms with van der Waals surface area (Å²) < 4.78 is 0. The summed E-state index contributed by atoms with van der Waals surface area (Å²) in [6.07, 6.45) is 6.48. The average molecular weight is 342 g/mol. The van der Waals surface area contributed by atoms with Crippen molar-refractivity contribution in [2.45, 2.75) is 70.4 Å². The highest BCUT2D eigenvalue weighted by Crippen LogP contribution is 2.31. The first-order valence-electron chi connectivity index (χ1n) is 9.36. The van der Waals surface area contributed by atoms with Gasteiger partial charge in [-0.25, -0.2) is 4.90 Å². The highest BCUT2D eigenvalue weighted by atomic mass is 16.2. The molecule has 1 saturated heterocycles. The van der Waals surface area contributed by atoms with Crippen LogP contribution in [-0.4, -0.2) is 34.7 Å². The van der Waals surface area contributed by atoms with Crippen LogP contribution in [0.5, 0.6) is 0 Å². The predicted molar refractivity (Wildman–Crippen MR) is 96.0 cm³/mol. The van der Waals surface area contributed by atoms with E-state index in [-0.39, 0.29) is 30.2 Å². The number of nitrogens with zero attached hydrogens (tertiary/aromatic N) is 2. The van der Waals surface area contributed by atoms with Gasteiger partial charge in [0.25, 0.3) is 5.91 Å². The number of imide groups is 1. The largest absolute Gasteiger partial charge is 0.327 e. The van der Waals surface area contributed by atoms with Crippen molar-refractivity contribution in [2.24, 2.45) is 0 Å². The third-order valence-electron chi connectivity index (χ3n) is 5.19. The molecule has 5 nitrogen and oxygen atoms in total. The summed E-state index contributed by atoms with van der Waals surface area (Å²) >= 11 is 0. The van der Waals surface area contributed by atoms with Gasteiger partial charge in [-0.05, 0) is 31.4 Å². The second-order valence-corrected chi connectivity index (χ2v) is 6.97. The lowest BCUT2D eigenvalue weighted by Gasteiger charge is -2.37. The number of amides is 3. The van der Waals surface area contributed by atoms with Crippen LogP contribution >= 0.6 is 0 Å². The van der Waals surface area contributed by atoms with E-state index in [1.807, 2.05) is 25.1 Å². The zero-order valence-corrected chi connectivity index (χ0v) is 14.8. The molecule has 1 heterocycles. The summed E-state index contributed by atoms with van der Waals surface area (Å²) in [6.45, 7) is 1.97. The van der Waals surface area contributed by atoms with Crippen molar-refractivity contribution in [3.05, 3.63) is 30.3 Å². The van der Waals surface area contributed by atoms with Gasteiger partial charge in [0.05, 0.1) is 12.1 Å². The fourth-order valence-corrected chi connectivity index (χ4v) is 4.02. The maximum atomic E-state index is 13.0. The van der Waals surface area contributed by atoms with Crippen LogP contribution < -0.4 is 4.90 Å². The maximum absolute atomic E-state index is 13.0. The molecule has 1 unspecified atom stereocenters. The Morgan fingerprint density at radius 2 is 1.80 bits per heavy atom. The van der Waals surface area contributed by atoms with E-state index in [1.165, 1.54) is 11.3 Å². The molecule has 1 atom stereocenters. The van der Waals surface area contributed by atoms with E-state index in [0.29, 0.717) is 12.1 Å². The van der Waals surface area contributed by atoms with Crippen LogP contribution in [0.25, 0.3) is 0 Å². The number of anilines is 1. The van der Waals surface area contributed by atoms with Crippen LogP contribution in [0.1, 0.15) is 58.3 Å². The number of hydrogen-bond donors (Lipinski definition) is 0. The molecule has 134 valence electrons. The van der Waals surface area contributed by atoms with Crippen molar-refractivity contribution < 1.29 is 14.4 Å². The van der Waals surface area contributed by atoms with Crippen molar-refractivity contribution in [2.75, 3.05) is 4.90 Å². The molecular formula is C20H26N2O3. The van der Waals surface area contributed by atoms with Gasteiger partial charge in [-0.15, -0.1) is 0 Å². The van der Waals surface area contributed by atoms with E-state index >= 15 is 0 Å². The minimum Gasteiger partial charge on any atom is -0.327 e. The smallest absolute Gasteiger partial charge is 0.257 e. The number of benzene rings is 1. The van der Waals surface area contributed by atoms with Gasteiger partial charge < -0.3 is 4.90 Å². The molecule has 1 saturated carbocycles. The van der Waals surface area contributed by atoms with Gasteiger partial charge in [-0.3, -0.25) is 14.4 Å². The molecule has 0 N–H and O–H groups in total. The highest BCUT2D eigenvalue weighted by Gasteiger charge is 2.46. The lowest BCUT2D eigenvalue weighted by molar-refractivity contribution is -0.141. The number of carbonyl (C=O) groups is 3. The van der Waals surface area contributed by atoms with Crippen LogP contribution in [0.3, 0.4) is 0 Å². The standard InChI is InChI=1S/C20H26N2O3/c1-2-9-18(23)21(15-10-5-3-6-11-15)17-14-19(24)22(20(17)25)16-12-7-4-8-13-16/h4,7-8,12-13,15,17H,2-3,5-6,9-11,14H2,1H3. The molecule has 3 rings (SSSR count). The molecule has 0 bridgehead atoms. The van der Waals surface area contributed by atoms with Crippen molar-refractivity contribution in [1.29, 1.82) is 0 Å². The summed E-state index contributed by atoms with van der Waals surface area (Å²) in [5, 5.41) is 0. The van der Waals surface area contributed by atoms with Gasteiger partial charge in [0.1, 0.15) is 6.04 Å². The number of carbonyl (C=O) groups excluding carboxylic acids is 3. The number of hydrogen-bond acceptors (Lipinski definition) is 3. The molecule has 0 radical (unpaired) electrons. The Hall–Kier alpha value is -2.17. The van der Waals surface area contributed by atoms with Crippen LogP contribution in [0.4, 0.5) is 5.69 Å². The van der Waals surface area contributed by atoms with E-state index < -0.39 is 6.04 Å². The lowest BCUT2D eigenvalue weighted by Crippen LogP contribution is -2.51. The average Bonchev–Trinajstić information content (AvgIpc) is 2.91. The van der Waals surface area contributed by atoms with E-state index in [0.717, 1.165) is 32.1 Å². The number of para-hydroxylation sites is 1. The first kappa shape index (κ1) is 17.6. The van der Waals surface area contributed by atoms with Crippen LogP contribution in [0.15, 0.2) is 30.3 Å². The molecule has 1 aromatic rings. The molecule has 2 fully saturated rings. The fraction of sp³-hybridized carbons (Fsp3) is 0.550. The van der Waals surface area contributed by atoms with Gasteiger partial charge in [-0.2, -0.15) is 0 Å². The molecule has 0 spiro atoms. The minimum absolute atomic E-state index is 0.00969. The summed E-state index contributed by atoms with van der Waals surface area (Å²) in [4.78, 5) is 41.3.